The Morgan fingerprint density at radius 2 is 2.00 bits per heavy atom. The molecular formula is C8H10ClF2NO. The predicted octanol–water partition coefficient (Wildman–Crippen LogP) is 1.85. The predicted molar refractivity (Wildman–Crippen MR) is 48.0 cm³/mol. The van der Waals surface area contributed by atoms with Gasteiger partial charge in [-0.15, -0.1) is 12.4 Å². The number of halogens is 3. The highest BCUT2D eigenvalue weighted by atomic mass is 35.5. The molecule has 13 heavy (non-hydrogen) atoms. The van der Waals surface area contributed by atoms with Gasteiger partial charge in [-0.25, -0.2) is 8.78 Å². The Bertz CT molecular complexity index is 268. The fraction of sp³-hybridized carbons (Fsp3) is 0.250. The molecule has 0 heterocycles. The summed E-state index contributed by atoms with van der Waals surface area (Å²) in [6, 6.07) is 2.03. The Morgan fingerprint density at radius 3 is 2.46 bits per heavy atom. The molecule has 74 valence electrons. The normalized spacial score (nSPS) is 9.23. The third kappa shape index (κ3) is 2.54. The molecule has 0 amide bonds. The lowest BCUT2D eigenvalue weighted by molar-refractivity contribution is 0.380. The molecule has 0 bridgehead atoms. The van der Waals surface area contributed by atoms with Crippen LogP contribution in [0.2, 0.25) is 0 Å². The summed E-state index contributed by atoms with van der Waals surface area (Å²) in [4.78, 5) is 0. The molecule has 0 aliphatic rings. The second-order valence-electron chi connectivity index (χ2n) is 2.29. The van der Waals surface area contributed by atoms with Crippen LogP contribution in [0.5, 0.6) is 5.75 Å². The Morgan fingerprint density at radius 1 is 1.38 bits per heavy atom. The van der Waals surface area contributed by atoms with Gasteiger partial charge >= 0.3 is 0 Å². The van der Waals surface area contributed by atoms with Gasteiger partial charge in [-0.3, -0.25) is 0 Å². The van der Waals surface area contributed by atoms with E-state index < -0.39 is 11.6 Å². The number of rotatable bonds is 2. The number of methoxy groups -OCH3 is 1. The van der Waals surface area contributed by atoms with Crippen molar-refractivity contribution in [3.05, 3.63) is 29.3 Å². The molecule has 0 aliphatic carbocycles. The third-order valence-electron chi connectivity index (χ3n) is 1.52. The molecule has 0 aromatic heterocycles. The van der Waals surface area contributed by atoms with Crippen LogP contribution in [0.1, 0.15) is 5.56 Å². The number of nitrogens with two attached hydrogens (primary N) is 1. The molecule has 0 saturated carbocycles. The third-order valence-corrected chi connectivity index (χ3v) is 1.52. The molecule has 0 spiro atoms. The first-order chi connectivity index (χ1) is 5.69. The van der Waals surface area contributed by atoms with E-state index in [0.717, 1.165) is 12.1 Å². The summed E-state index contributed by atoms with van der Waals surface area (Å²) in [6.07, 6.45) is 0. The molecule has 2 N–H and O–H groups in total. The van der Waals surface area contributed by atoms with Crippen molar-refractivity contribution in [3.63, 3.8) is 0 Å². The monoisotopic (exact) mass is 209 g/mol. The topological polar surface area (TPSA) is 35.2 Å². The molecule has 0 atom stereocenters. The minimum absolute atomic E-state index is 0. The summed E-state index contributed by atoms with van der Waals surface area (Å²) in [6.45, 7) is -0.0417. The Labute approximate surface area is 81.1 Å². The Balaban J connectivity index is 0.00000144. The average molecular weight is 210 g/mol. The summed E-state index contributed by atoms with van der Waals surface area (Å²) in [5.74, 6) is -1.26. The van der Waals surface area contributed by atoms with Crippen molar-refractivity contribution < 1.29 is 13.5 Å². The Kier molecular flexibility index (Phi) is 4.66. The van der Waals surface area contributed by atoms with E-state index in [-0.39, 0.29) is 30.3 Å². The second kappa shape index (κ2) is 4.99. The van der Waals surface area contributed by atoms with E-state index in [1.54, 1.807) is 0 Å². The van der Waals surface area contributed by atoms with Crippen molar-refractivity contribution in [2.24, 2.45) is 5.73 Å². The average Bonchev–Trinajstić information content (AvgIpc) is 2.08. The van der Waals surface area contributed by atoms with Crippen LogP contribution in [0, 0.1) is 11.6 Å². The summed E-state index contributed by atoms with van der Waals surface area (Å²) in [5.41, 5.74) is 5.30. The quantitative estimate of drug-likeness (QED) is 0.807. The summed E-state index contributed by atoms with van der Waals surface area (Å²) in [7, 11) is 1.28. The molecule has 0 unspecified atom stereocenters. The van der Waals surface area contributed by atoms with Gasteiger partial charge in [0.25, 0.3) is 0 Å². The standard InChI is InChI=1S/C8H9F2NO.ClH/c1-12-7-3-6(9)2-5(4-11)8(7)10;/h2-3H,4,11H2,1H3;1H. The molecular weight excluding hydrogens is 200 g/mol. The number of hydrogen-bond acceptors (Lipinski definition) is 2. The molecule has 5 heteroatoms. The first-order valence-corrected chi connectivity index (χ1v) is 3.41. The maximum atomic E-state index is 13.1. The van der Waals surface area contributed by atoms with E-state index in [1.165, 1.54) is 7.11 Å². The molecule has 0 aliphatic heterocycles. The molecule has 1 aromatic carbocycles. The highest BCUT2D eigenvalue weighted by Gasteiger charge is 2.09. The van der Waals surface area contributed by atoms with Gasteiger partial charge in [0, 0.05) is 18.2 Å². The van der Waals surface area contributed by atoms with E-state index in [9.17, 15) is 8.78 Å². The summed E-state index contributed by atoms with van der Waals surface area (Å²) >= 11 is 0. The molecule has 2 nitrogen and oxygen atoms in total. The molecule has 1 rings (SSSR count). The van der Waals surface area contributed by atoms with Gasteiger partial charge < -0.3 is 10.5 Å². The van der Waals surface area contributed by atoms with Crippen LogP contribution in [0.15, 0.2) is 12.1 Å². The molecule has 0 saturated heterocycles. The van der Waals surface area contributed by atoms with Crippen molar-refractivity contribution in [1.29, 1.82) is 0 Å². The van der Waals surface area contributed by atoms with Crippen LogP contribution < -0.4 is 10.5 Å². The smallest absolute Gasteiger partial charge is 0.169 e. The van der Waals surface area contributed by atoms with Gasteiger partial charge in [-0.05, 0) is 6.07 Å². The SMILES string of the molecule is COc1cc(F)cc(CN)c1F.Cl. The number of benzene rings is 1. The van der Waals surface area contributed by atoms with Crippen molar-refractivity contribution in [1.82, 2.24) is 0 Å². The zero-order valence-electron chi connectivity index (χ0n) is 7.01. The van der Waals surface area contributed by atoms with Gasteiger partial charge in [0.05, 0.1) is 7.11 Å². The zero-order valence-corrected chi connectivity index (χ0v) is 7.83. The van der Waals surface area contributed by atoms with E-state index in [4.69, 9.17) is 5.73 Å². The van der Waals surface area contributed by atoms with Gasteiger partial charge in [-0.1, -0.05) is 0 Å². The lowest BCUT2D eigenvalue weighted by Crippen LogP contribution is -2.02. The fourth-order valence-electron chi connectivity index (χ4n) is 0.915. The van der Waals surface area contributed by atoms with Crippen molar-refractivity contribution in [3.8, 4) is 5.75 Å². The van der Waals surface area contributed by atoms with Crippen LogP contribution in [0.25, 0.3) is 0 Å². The first-order valence-electron chi connectivity index (χ1n) is 3.41. The molecule has 0 fully saturated rings. The maximum Gasteiger partial charge on any atom is 0.169 e. The summed E-state index contributed by atoms with van der Waals surface area (Å²) < 4.78 is 30.4. The lowest BCUT2D eigenvalue weighted by atomic mass is 10.2. The van der Waals surface area contributed by atoms with Gasteiger partial charge in [0.15, 0.2) is 11.6 Å². The first kappa shape index (κ1) is 12.1. The number of ether oxygens (including phenoxy) is 1. The Hall–Kier alpha value is -0.870. The fourth-order valence-corrected chi connectivity index (χ4v) is 0.915. The van der Waals surface area contributed by atoms with Crippen LogP contribution >= 0.6 is 12.4 Å². The summed E-state index contributed by atoms with van der Waals surface area (Å²) in [5, 5.41) is 0. The number of hydrogen-bond donors (Lipinski definition) is 1. The van der Waals surface area contributed by atoms with Crippen molar-refractivity contribution in [2.75, 3.05) is 7.11 Å². The highest BCUT2D eigenvalue weighted by Crippen LogP contribution is 2.21. The largest absolute Gasteiger partial charge is 0.494 e. The van der Waals surface area contributed by atoms with E-state index in [1.807, 2.05) is 0 Å². The van der Waals surface area contributed by atoms with Crippen LogP contribution in [0.4, 0.5) is 8.78 Å². The highest BCUT2D eigenvalue weighted by molar-refractivity contribution is 5.85. The van der Waals surface area contributed by atoms with Crippen LogP contribution in [-0.4, -0.2) is 7.11 Å². The molecule has 1 aromatic rings. The second-order valence-corrected chi connectivity index (χ2v) is 2.29. The van der Waals surface area contributed by atoms with Crippen LogP contribution in [-0.2, 0) is 6.54 Å². The van der Waals surface area contributed by atoms with Gasteiger partial charge in [0.2, 0.25) is 0 Å². The molecule has 0 radical (unpaired) electrons. The van der Waals surface area contributed by atoms with Gasteiger partial charge in [0.1, 0.15) is 5.82 Å². The zero-order chi connectivity index (χ0) is 9.14. The van der Waals surface area contributed by atoms with E-state index in [2.05, 4.69) is 4.74 Å². The van der Waals surface area contributed by atoms with E-state index >= 15 is 0 Å². The van der Waals surface area contributed by atoms with Crippen molar-refractivity contribution >= 4 is 12.4 Å². The van der Waals surface area contributed by atoms with Gasteiger partial charge in [-0.2, -0.15) is 0 Å². The van der Waals surface area contributed by atoms with Crippen LogP contribution in [0.3, 0.4) is 0 Å². The lowest BCUT2D eigenvalue weighted by Gasteiger charge is -2.05. The minimum atomic E-state index is -0.596. The van der Waals surface area contributed by atoms with Crippen molar-refractivity contribution in [2.45, 2.75) is 6.54 Å². The van der Waals surface area contributed by atoms with E-state index in [0.29, 0.717) is 0 Å². The minimum Gasteiger partial charge on any atom is -0.494 e. The maximum absolute atomic E-state index is 13.1.